The Kier molecular flexibility index (Phi) is 2.66. The molecular weight excluding hydrogens is 230 g/mol. The first kappa shape index (κ1) is 11.1. The van der Waals surface area contributed by atoms with Crippen LogP contribution in [0.5, 0.6) is 0 Å². The van der Waals surface area contributed by atoms with Gasteiger partial charge in [0.1, 0.15) is 11.8 Å². The summed E-state index contributed by atoms with van der Waals surface area (Å²) in [5, 5.41) is 4.79. The van der Waals surface area contributed by atoms with E-state index in [0.29, 0.717) is 11.4 Å². The number of aryl methyl sites for hydroxylation is 3. The molecule has 1 aromatic rings. The molecule has 0 amide bonds. The third-order valence-electron chi connectivity index (χ3n) is 3.53. The predicted octanol–water partition coefficient (Wildman–Crippen LogP) is 3.22. The molecule has 1 aromatic carbocycles. The Hall–Kier alpha value is -0.960. The van der Waals surface area contributed by atoms with Crippen LogP contribution in [0.3, 0.4) is 0 Å². The SMILES string of the molecule is Cc1cc(C)c(C2=NOC3CCSC23)c(C)c1. The van der Waals surface area contributed by atoms with Gasteiger partial charge in [-0.25, -0.2) is 0 Å². The maximum absolute atomic E-state index is 5.55. The lowest BCUT2D eigenvalue weighted by molar-refractivity contribution is 0.0902. The van der Waals surface area contributed by atoms with Crippen LogP contribution in [0.25, 0.3) is 0 Å². The van der Waals surface area contributed by atoms with Gasteiger partial charge in [0.05, 0.1) is 5.25 Å². The molecule has 2 aliphatic rings. The van der Waals surface area contributed by atoms with Gasteiger partial charge in [0.25, 0.3) is 0 Å². The van der Waals surface area contributed by atoms with Gasteiger partial charge >= 0.3 is 0 Å². The molecule has 0 N–H and O–H groups in total. The highest BCUT2D eigenvalue weighted by molar-refractivity contribution is 8.01. The number of oxime groups is 1. The summed E-state index contributed by atoms with van der Waals surface area (Å²) < 4.78 is 0. The van der Waals surface area contributed by atoms with Gasteiger partial charge in [-0.3, -0.25) is 0 Å². The van der Waals surface area contributed by atoms with Gasteiger partial charge in [0, 0.05) is 5.56 Å². The second-order valence-corrected chi connectivity index (χ2v) is 6.22. The van der Waals surface area contributed by atoms with E-state index in [1.165, 1.54) is 28.0 Å². The van der Waals surface area contributed by atoms with E-state index in [1.807, 2.05) is 11.8 Å². The van der Waals surface area contributed by atoms with E-state index in [-0.39, 0.29) is 0 Å². The Labute approximate surface area is 106 Å². The third-order valence-corrected chi connectivity index (χ3v) is 4.88. The molecule has 0 aromatic heterocycles. The molecule has 0 spiro atoms. The van der Waals surface area contributed by atoms with Gasteiger partial charge in [0.2, 0.25) is 0 Å². The highest BCUT2D eigenvalue weighted by Gasteiger charge is 2.40. The zero-order valence-electron chi connectivity index (χ0n) is 10.5. The highest BCUT2D eigenvalue weighted by atomic mass is 32.2. The van der Waals surface area contributed by atoms with Gasteiger partial charge in [0.15, 0.2) is 0 Å². The number of thioether (sulfide) groups is 1. The van der Waals surface area contributed by atoms with Crippen LogP contribution in [0.4, 0.5) is 0 Å². The molecule has 2 heterocycles. The Balaban J connectivity index is 2.05. The zero-order valence-corrected chi connectivity index (χ0v) is 11.3. The summed E-state index contributed by atoms with van der Waals surface area (Å²) in [5.41, 5.74) is 6.42. The fraction of sp³-hybridized carbons (Fsp3) is 0.500. The predicted molar refractivity (Wildman–Crippen MR) is 72.9 cm³/mol. The number of hydrogen-bond donors (Lipinski definition) is 0. The van der Waals surface area contributed by atoms with Crippen molar-refractivity contribution in [3.8, 4) is 0 Å². The second-order valence-electron chi connectivity index (χ2n) is 4.97. The minimum Gasteiger partial charge on any atom is -0.391 e. The lowest BCUT2D eigenvalue weighted by Crippen LogP contribution is -2.23. The van der Waals surface area contributed by atoms with Crippen molar-refractivity contribution in [3.05, 3.63) is 34.4 Å². The number of hydrogen-bond acceptors (Lipinski definition) is 3. The average molecular weight is 247 g/mol. The maximum atomic E-state index is 5.55. The molecule has 1 saturated heterocycles. The van der Waals surface area contributed by atoms with Crippen LogP contribution >= 0.6 is 11.8 Å². The Bertz CT molecular complexity index is 472. The molecule has 0 radical (unpaired) electrons. The summed E-state index contributed by atoms with van der Waals surface area (Å²) in [5.74, 6) is 1.19. The summed E-state index contributed by atoms with van der Waals surface area (Å²) >= 11 is 1.98. The molecule has 90 valence electrons. The monoisotopic (exact) mass is 247 g/mol. The van der Waals surface area contributed by atoms with Gasteiger partial charge in [-0.15, -0.1) is 11.8 Å². The van der Waals surface area contributed by atoms with Crippen LogP contribution in [-0.4, -0.2) is 22.8 Å². The molecule has 2 atom stereocenters. The van der Waals surface area contributed by atoms with Gasteiger partial charge in [-0.05, 0) is 44.1 Å². The standard InChI is InChI=1S/C14H17NOS/c1-8-6-9(2)12(10(3)7-8)13-14-11(16-15-13)4-5-17-14/h6-7,11,14H,4-5H2,1-3H3. The molecule has 0 saturated carbocycles. The van der Waals surface area contributed by atoms with E-state index in [9.17, 15) is 0 Å². The van der Waals surface area contributed by atoms with E-state index in [1.54, 1.807) is 0 Å². The fourth-order valence-corrected chi connectivity index (χ4v) is 4.22. The topological polar surface area (TPSA) is 21.6 Å². The highest BCUT2D eigenvalue weighted by Crippen LogP contribution is 2.37. The van der Waals surface area contributed by atoms with Crippen molar-refractivity contribution in [2.75, 3.05) is 5.75 Å². The summed E-state index contributed by atoms with van der Waals surface area (Å²) in [6.45, 7) is 6.49. The lowest BCUT2D eigenvalue weighted by atomic mass is 9.93. The van der Waals surface area contributed by atoms with Crippen molar-refractivity contribution in [1.29, 1.82) is 0 Å². The Morgan fingerprint density at radius 2 is 1.94 bits per heavy atom. The van der Waals surface area contributed by atoms with Crippen LogP contribution in [0.15, 0.2) is 17.3 Å². The van der Waals surface area contributed by atoms with Crippen LogP contribution in [0.2, 0.25) is 0 Å². The molecule has 17 heavy (non-hydrogen) atoms. The van der Waals surface area contributed by atoms with Crippen LogP contribution in [-0.2, 0) is 4.84 Å². The van der Waals surface area contributed by atoms with E-state index in [2.05, 4.69) is 38.1 Å². The van der Waals surface area contributed by atoms with Crippen molar-refractivity contribution >= 4 is 17.5 Å². The van der Waals surface area contributed by atoms with Crippen LogP contribution in [0, 0.1) is 20.8 Å². The van der Waals surface area contributed by atoms with Gasteiger partial charge in [-0.2, -0.15) is 0 Å². The molecule has 2 aliphatic heterocycles. The molecule has 1 fully saturated rings. The summed E-state index contributed by atoms with van der Waals surface area (Å²) in [4.78, 5) is 5.55. The van der Waals surface area contributed by atoms with Crippen LogP contribution in [0.1, 0.15) is 28.7 Å². The second kappa shape index (κ2) is 4.05. The molecule has 0 bridgehead atoms. The van der Waals surface area contributed by atoms with E-state index in [0.717, 1.165) is 12.1 Å². The van der Waals surface area contributed by atoms with E-state index >= 15 is 0 Å². The summed E-state index contributed by atoms with van der Waals surface area (Å²) in [7, 11) is 0. The van der Waals surface area contributed by atoms with Crippen molar-refractivity contribution in [3.63, 3.8) is 0 Å². The smallest absolute Gasteiger partial charge is 0.145 e. The molecular formula is C14H17NOS. The molecule has 3 heteroatoms. The summed E-state index contributed by atoms with van der Waals surface area (Å²) in [6.07, 6.45) is 1.45. The molecule has 0 aliphatic carbocycles. The van der Waals surface area contributed by atoms with Gasteiger partial charge in [-0.1, -0.05) is 22.9 Å². The lowest BCUT2D eigenvalue weighted by Gasteiger charge is -2.14. The first-order chi connectivity index (χ1) is 8.16. The fourth-order valence-electron chi connectivity index (χ4n) is 2.88. The number of rotatable bonds is 1. The van der Waals surface area contributed by atoms with E-state index in [4.69, 9.17) is 4.84 Å². The molecule has 2 unspecified atom stereocenters. The quantitative estimate of drug-likeness (QED) is 0.760. The van der Waals surface area contributed by atoms with Crippen LogP contribution < -0.4 is 0 Å². The van der Waals surface area contributed by atoms with E-state index < -0.39 is 0 Å². The molecule has 3 rings (SSSR count). The third kappa shape index (κ3) is 1.77. The van der Waals surface area contributed by atoms with Crippen molar-refractivity contribution < 1.29 is 4.84 Å². The summed E-state index contributed by atoms with van der Waals surface area (Å²) in [6, 6.07) is 4.47. The minimum absolute atomic E-state index is 0.315. The Morgan fingerprint density at radius 3 is 2.65 bits per heavy atom. The number of benzene rings is 1. The molecule has 2 nitrogen and oxygen atoms in total. The first-order valence-electron chi connectivity index (χ1n) is 6.10. The average Bonchev–Trinajstić information content (AvgIpc) is 2.80. The van der Waals surface area contributed by atoms with Crippen molar-refractivity contribution in [1.82, 2.24) is 0 Å². The number of nitrogens with zero attached hydrogens (tertiary/aromatic N) is 1. The first-order valence-corrected chi connectivity index (χ1v) is 7.15. The zero-order chi connectivity index (χ0) is 12.0. The van der Waals surface area contributed by atoms with Gasteiger partial charge < -0.3 is 4.84 Å². The van der Waals surface area contributed by atoms with Crippen molar-refractivity contribution in [2.24, 2.45) is 5.16 Å². The normalized spacial score (nSPS) is 26.6. The minimum atomic E-state index is 0.315. The maximum Gasteiger partial charge on any atom is 0.145 e. The Morgan fingerprint density at radius 1 is 1.24 bits per heavy atom. The van der Waals surface area contributed by atoms with Crippen molar-refractivity contribution in [2.45, 2.75) is 38.5 Å². The number of fused-ring (bicyclic) bond motifs is 1. The largest absolute Gasteiger partial charge is 0.391 e.